The third kappa shape index (κ3) is 3.90. The first-order chi connectivity index (χ1) is 9.72. The fraction of sp³-hybridized carbons (Fsp3) is 0.250. The zero-order valence-corrected chi connectivity index (χ0v) is 13.1. The highest BCUT2D eigenvalue weighted by atomic mass is 79.9. The van der Waals surface area contributed by atoms with Gasteiger partial charge in [-0.2, -0.15) is 0 Å². The first-order valence-corrected chi connectivity index (χ1v) is 7.20. The van der Waals surface area contributed by atoms with E-state index in [9.17, 15) is 0 Å². The first kappa shape index (κ1) is 14.7. The fourth-order valence-electron chi connectivity index (χ4n) is 1.82. The van der Waals surface area contributed by atoms with Crippen molar-refractivity contribution in [3.8, 4) is 17.2 Å². The van der Waals surface area contributed by atoms with Gasteiger partial charge in [0.2, 0.25) is 0 Å². The molecule has 0 aliphatic carbocycles. The minimum Gasteiger partial charge on any atom is -0.496 e. The van der Waals surface area contributed by atoms with Gasteiger partial charge in [0.1, 0.15) is 23.9 Å². The molecule has 0 radical (unpaired) electrons. The topological polar surface area (TPSA) is 27.7 Å². The van der Waals surface area contributed by atoms with Crippen molar-refractivity contribution in [1.29, 1.82) is 0 Å². The monoisotopic (exact) mass is 336 g/mol. The minimum atomic E-state index is 0.455. The maximum absolute atomic E-state index is 5.77. The average molecular weight is 337 g/mol. The van der Waals surface area contributed by atoms with Crippen LogP contribution in [0.3, 0.4) is 0 Å². The molecule has 106 valence electrons. The Hall–Kier alpha value is -1.68. The van der Waals surface area contributed by atoms with Gasteiger partial charge >= 0.3 is 0 Å². The van der Waals surface area contributed by atoms with Crippen LogP contribution < -0.4 is 14.2 Å². The van der Waals surface area contributed by atoms with Gasteiger partial charge in [0.05, 0.1) is 13.7 Å². The van der Waals surface area contributed by atoms with Crippen LogP contribution in [0.2, 0.25) is 0 Å². The molecule has 4 heteroatoms. The van der Waals surface area contributed by atoms with Gasteiger partial charge in [0, 0.05) is 10.0 Å². The Labute approximate surface area is 127 Å². The molecule has 3 nitrogen and oxygen atoms in total. The second-order valence-corrected chi connectivity index (χ2v) is 5.06. The summed E-state index contributed by atoms with van der Waals surface area (Å²) in [5, 5.41) is 0. The molecular formula is C16H17BrO3. The van der Waals surface area contributed by atoms with Crippen LogP contribution in [0.25, 0.3) is 0 Å². The van der Waals surface area contributed by atoms with Crippen molar-refractivity contribution in [2.45, 2.75) is 13.5 Å². The zero-order chi connectivity index (χ0) is 14.4. The molecule has 0 N–H and O–H groups in total. The molecule has 0 amide bonds. The normalized spacial score (nSPS) is 10.2. The van der Waals surface area contributed by atoms with E-state index in [1.54, 1.807) is 7.11 Å². The van der Waals surface area contributed by atoms with E-state index in [2.05, 4.69) is 15.9 Å². The van der Waals surface area contributed by atoms with Gasteiger partial charge in [-0.25, -0.2) is 0 Å². The number of rotatable bonds is 6. The standard InChI is InChI=1S/C16H17BrO3/c1-3-19-14-5-7-15(8-6-14)20-11-12-10-13(17)4-9-16(12)18-2/h4-10H,3,11H2,1-2H3. The number of hydrogen-bond acceptors (Lipinski definition) is 3. The van der Waals surface area contributed by atoms with Crippen LogP contribution in [0.4, 0.5) is 0 Å². The smallest absolute Gasteiger partial charge is 0.125 e. The van der Waals surface area contributed by atoms with Crippen LogP contribution in [-0.2, 0) is 6.61 Å². The average Bonchev–Trinajstić information content (AvgIpc) is 2.47. The Bertz CT molecular complexity index is 552. The van der Waals surface area contributed by atoms with E-state index in [4.69, 9.17) is 14.2 Å². The van der Waals surface area contributed by atoms with E-state index >= 15 is 0 Å². The van der Waals surface area contributed by atoms with Gasteiger partial charge in [-0.3, -0.25) is 0 Å². The Kier molecular flexibility index (Phi) is 5.30. The molecule has 0 aliphatic rings. The highest BCUT2D eigenvalue weighted by Gasteiger charge is 2.05. The summed E-state index contributed by atoms with van der Waals surface area (Å²) in [6, 6.07) is 13.5. The molecule has 0 aromatic heterocycles. The van der Waals surface area contributed by atoms with Crippen LogP contribution >= 0.6 is 15.9 Å². The molecule has 2 rings (SSSR count). The number of methoxy groups -OCH3 is 1. The van der Waals surface area contributed by atoms with Gasteiger partial charge < -0.3 is 14.2 Å². The Morgan fingerprint density at radius 3 is 2.20 bits per heavy atom. The van der Waals surface area contributed by atoms with Crippen molar-refractivity contribution in [2.75, 3.05) is 13.7 Å². The summed E-state index contributed by atoms with van der Waals surface area (Å²) in [6.07, 6.45) is 0. The van der Waals surface area contributed by atoms with Crippen molar-refractivity contribution in [3.63, 3.8) is 0 Å². The third-order valence-electron chi connectivity index (χ3n) is 2.77. The number of benzene rings is 2. The van der Waals surface area contributed by atoms with E-state index in [-0.39, 0.29) is 0 Å². The predicted octanol–water partition coefficient (Wildman–Crippen LogP) is 4.44. The number of ether oxygens (including phenoxy) is 3. The van der Waals surface area contributed by atoms with E-state index < -0.39 is 0 Å². The van der Waals surface area contributed by atoms with Crippen molar-refractivity contribution >= 4 is 15.9 Å². The molecule has 2 aromatic carbocycles. The lowest BCUT2D eigenvalue weighted by atomic mass is 10.2. The zero-order valence-electron chi connectivity index (χ0n) is 11.6. The molecule has 0 spiro atoms. The maximum atomic E-state index is 5.77. The first-order valence-electron chi connectivity index (χ1n) is 6.41. The highest BCUT2D eigenvalue weighted by Crippen LogP contribution is 2.25. The summed E-state index contributed by atoms with van der Waals surface area (Å²) in [5.74, 6) is 2.47. The summed E-state index contributed by atoms with van der Waals surface area (Å²) in [5.41, 5.74) is 0.996. The van der Waals surface area contributed by atoms with E-state index in [1.165, 1.54) is 0 Å². The molecule has 0 aliphatic heterocycles. The Balaban J connectivity index is 2.02. The molecule has 0 bridgehead atoms. The van der Waals surface area contributed by atoms with Crippen molar-refractivity contribution in [1.82, 2.24) is 0 Å². The molecule has 0 atom stereocenters. The quantitative estimate of drug-likeness (QED) is 0.780. The van der Waals surface area contributed by atoms with Crippen molar-refractivity contribution in [2.24, 2.45) is 0 Å². The molecule has 0 saturated heterocycles. The second kappa shape index (κ2) is 7.20. The fourth-order valence-corrected chi connectivity index (χ4v) is 2.23. The lowest BCUT2D eigenvalue weighted by Crippen LogP contribution is -1.99. The van der Waals surface area contributed by atoms with Gasteiger partial charge in [0.25, 0.3) is 0 Å². The molecule has 20 heavy (non-hydrogen) atoms. The van der Waals surface area contributed by atoms with Crippen molar-refractivity contribution in [3.05, 3.63) is 52.5 Å². The van der Waals surface area contributed by atoms with Gasteiger partial charge in [-0.1, -0.05) is 15.9 Å². The largest absolute Gasteiger partial charge is 0.496 e. The Morgan fingerprint density at radius 1 is 0.950 bits per heavy atom. The lowest BCUT2D eigenvalue weighted by Gasteiger charge is -2.11. The molecule has 2 aromatic rings. The summed E-state index contributed by atoms with van der Waals surface area (Å²) in [4.78, 5) is 0. The van der Waals surface area contributed by atoms with Crippen LogP contribution in [-0.4, -0.2) is 13.7 Å². The summed E-state index contributed by atoms with van der Waals surface area (Å²) >= 11 is 3.45. The number of halogens is 1. The summed E-state index contributed by atoms with van der Waals surface area (Å²) < 4.78 is 17.5. The number of hydrogen-bond donors (Lipinski definition) is 0. The predicted molar refractivity (Wildman–Crippen MR) is 82.6 cm³/mol. The van der Waals surface area contributed by atoms with Gasteiger partial charge in [0.15, 0.2) is 0 Å². The van der Waals surface area contributed by atoms with Gasteiger partial charge in [-0.15, -0.1) is 0 Å². The molecule has 0 heterocycles. The van der Waals surface area contributed by atoms with E-state index in [0.29, 0.717) is 13.2 Å². The van der Waals surface area contributed by atoms with Crippen LogP contribution in [0.15, 0.2) is 46.9 Å². The van der Waals surface area contributed by atoms with Crippen molar-refractivity contribution < 1.29 is 14.2 Å². The summed E-state index contributed by atoms with van der Waals surface area (Å²) in [6.45, 7) is 3.08. The molecular weight excluding hydrogens is 320 g/mol. The summed E-state index contributed by atoms with van der Waals surface area (Å²) in [7, 11) is 1.66. The Morgan fingerprint density at radius 2 is 1.60 bits per heavy atom. The third-order valence-corrected chi connectivity index (χ3v) is 3.26. The van der Waals surface area contributed by atoms with Crippen LogP contribution in [0.5, 0.6) is 17.2 Å². The maximum Gasteiger partial charge on any atom is 0.125 e. The lowest BCUT2D eigenvalue weighted by molar-refractivity contribution is 0.295. The van der Waals surface area contributed by atoms with E-state index in [0.717, 1.165) is 27.3 Å². The van der Waals surface area contributed by atoms with Gasteiger partial charge in [-0.05, 0) is 49.4 Å². The molecule has 0 fully saturated rings. The minimum absolute atomic E-state index is 0.455. The molecule has 0 saturated carbocycles. The van der Waals surface area contributed by atoms with Crippen LogP contribution in [0, 0.1) is 0 Å². The second-order valence-electron chi connectivity index (χ2n) is 4.15. The van der Waals surface area contributed by atoms with Crippen LogP contribution in [0.1, 0.15) is 12.5 Å². The highest BCUT2D eigenvalue weighted by molar-refractivity contribution is 9.10. The SMILES string of the molecule is CCOc1ccc(OCc2cc(Br)ccc2OC)cc1. The molecule has 0 unspecified atom stereocenters. The van der Waals surface area contributed by atoms with E-state index in [1.807, 2.05) is 49.4 Å².